The highest BCUT2D eigenvalue weighted by Gasteiger charge is 2.36. The van der Waals surface area contributed by atoms with Gasteiger partial charge in [-0.05, 0) is 41.3 Å². The van der Waals surface area contributed by atoms with Crippen molar-refractivity contribution >= 4 is 11.8 Å². The number of carbonyl (C=O) groups excluding carboxylic acids is 2. The summed E-state index contributed by atoms with van der Waals surface area (Å²) in [6.45, 7) is 0.893. The molecule has 0 unspecified atom stereocenters. The maximum Gasteiger partial charge on any atom is 0.255 e. The van der Waals surface area contributed by atoms with Gasteiger partial charge < -0.3 is 19.7 Å². The van der Waals surface area contributed by atoms with Crippen molar-refractivity contribution in [3.63, 3.8) is 0 Å². The first-order valence-corrected chi connectivity index (χ1v) is 11.0. The summed E-state index contributed by atoms with van der Waals surface area (Å²) in [7, 11) is 3.20. The normalized spacial score (nSPS) is 13.4. The Morgan fingerprint density at radius 2 is 1.67 bits per heavy atom. The van der Waals surface area contributed by atoms with Gasteiger partial charge in [-0.15, -0.1) is 0 Å². The Bertz CT molecular complexity index is 1130. The number of hydrogen-bond donors (Lipinski definition) is 1. The van der Waals surface area contributed by atoms with E-state index < -0.39 is 6.04 Å². The zero-order valence-corrected chi connectivity index (χ0v) is 18.9. The van der Waals surface area contributed by atoms with Crippen molar-refractivity contribution in [1.29, 1.82) is 0 Å². The highest BCUT2D eigenvalue weighted by atomic mass is 16.5. The van der Waals surface area contributed by atoms with E-state index >= 15 is 0 Å². The molecular formula is C27H28N2O4. The standard InChI is InChI=1S/C27H28N2O4/c1-32-24-13-12-20(17-25(24)33-2)14-15-28-26(30)23(16-19-8-4-3-5-9-19)29-18-21-10-6-7-11-22(21)27(29)31/h3-13,17,23H,14-16,18H2,1-2H3,(H,28,30)/t23-/m0/s1. The van der Waals surface area contributed by atoms with E-state index in [1.165, 1.54) is 0 Å². The molecular weight excluding hydrogens is 416 g/mol. The Hall–Kier alpha value is -3.80. The van der Waals surface area contributed by atoms with Gasteiger partial charge in [-0.3, -0.25) is 9.59 Å². The molecule has 0 fully saturated rings. The predicted molar refractivity (Wildman–Crippen MR) is 127 cm³/mol. The van der Waals surface area contributed by atoms with E-state index in [4.69, 9.17) is 9.47 Å². The van der Waals surface area contributed by atoms with Gasteiger partial charge in [-0.25, -0.2) is 0 Å². The second-order valence-electron chi connectivity index (χ2n) is 8.03. The Morgan fingerprint density at radius 3 is 2.39 bits per heavy atom. The smallest absolute Gasteiger partial charge is 0.255 e. The van der Waals surface area contributed by atoms with Gasteiger partial charge in [-0.1, -0.05) is 54.6 Å². The quantitative estimate of drug-likeness (QED) is 0.547. The van der Waals surface area contributed by atoms with Crippen molar-refractivity contribution < 1.29 is 19.1 Å². The molecule has 6 nitrogen and oxygen atoms in total. The summed E-state index contributed by atoms with van der Waals surface area (Å²) in [4.78, 5) is 28.1. The first kappa shape index (κ1) is 22.4. The van der Waals surface area contributed by atoms with Crippen LogP contribution in [0.15, 0.2) is 72.8 Å². The number of rotatable bonds is 9. The molecule has 1 aliphatic heterocycles. The summed E-state index contributed by atoms with van der Waals surface area (Å²) in [6, 6.07) is 22.5. The van der Waals surface area contributed by atoms with Crippen LogP contribution < -0.4 is 14.8 Å². The van der Waals surface area contributed by atoms with Gasteiger partial charge in [0.25, 0.3) is 5.91 Å². The number of amides is 2. The molecule has 0 aliphatic carbocycles. The number of nitrogens with one attached hydrogen (secondary N) is 1. The highest BCUT2D eigenvalue weighted by Crippen LogP contribution is 2.28. The molecule has 1 heterocycles. The number of ether oxygens (including phenoxy) is 2. The zero-order valence-electron chi connectivity index (χ0n) is 18.9. The molecule has 1 N–H and O–H groups in total. The van der Waals surface area contributed by atoms with E-state index in [1.54, 1.807) is 19.1 Å². The van der Waals surface area contributed by atoms with Gasteiger partial charge in [0.05, 0.1) is 14.2 Å². The topological polar surface area (TPSA) is 67.9 Å². The van der Waals surface area contributed by atoms with Crippen LogP contribution in [-0.2, 0) is 24.2 Å². The molecule has 0 spiro atoms. The van der Waals surface area contributed by atoms with Crippen LogP contribution in [-0.4, -0.2) is 43.5 Å². The fourth-order valence-corrected chi connectivity index (χ4v) is 4.19. The summed E-state index contributed by atoms with van der Waals surface area (Å²) in [6.07, 6.45) is 1.10. The molecule has 3 aromatic rings. The molecule has 6 heteroatoms. The first-order chi connectivity index (χ1) is 16.1. The Kier molecular flexibility index (Phi) is 6.93. The molecule has 4 rings (SSSR count). The molecule has 0 aromatic heterocycles. The summed E-state index contributed by atoms with van der Waals surface area (Å²) >= 11 is 0. The second-order valence-corrected chi connectivity index (χ2v) is 8.03. The third-order valence-corrected chi connectivity index (χ3v) is 5.96. The molecule has 1 aliphatic rings. The van der Waals surface area contributed by atoms with Crippen LogP contribution in [0.3, 0.4) is 0 Å². The lowest BCUT2D eigenvalue weighted by Crippen LogP contribution is -2.48. The Balaban J connectivity index is 1.47. The minimum Gasteiger partial charge on any atom is -0.493 e. The Labute approximate surface area is 194 Å². The van der Waals surface area contributed by atoms with Crippen molar-refractivity contribution in [3.05, 3.63) is 95.1 Å². The van der Waals surface area contributed by atoms with Crippen LogP contribution in [0.4, 0.5) is 0 Å². The number of methoxy groups -OCH3 is 2. The molecule has 3 aromatic carbocycles. The lowest BCUT2D eigenvalue weighted by Gasteiger charge is -2.27. The van der Waals surface area contributed by atoms with Gasteiger partial charge in [0, 0.05) is 25.1 Å². The molecule has 1 atom stereocenters. The van der Waals surface area contributed by atoms with Crippen LogP contribution in [0, 0.1) is 0 Å². The monoisotopic (exact) mass is 444 g/mol. The third kappa shape index (κ3) is 5.00. The van der Waals surface area contributed by atoms with Gasteiger partial charge in [0.2, 0.25) is 5.91 Å². The van der Waals surface area contributed by atoms with Crippen molar-refractivity contribution in [3.8, 4) is 11.5 Å². The lowest BCUT2D eigenvalue weighted by atomic mass is 10.0. The molecule has 0 bridgehead atoms. The van der Waals surface area contributed by atoms with Crippen molar-refractivity contribution in [2.24, 2.45) is 0 Å². The van der Waals surface area contributed by atoms with Gasteiger partial charge in [0.15, 0.2) is 11.5 Å². The minimum atomic E-state index is -0.585. The van der Waals surface area contributed by atoms with Gasteiger partial charge in [-0.2, -0.15) is 0 Å². The molecule has 2 amide bonds. The van der Waals surface area contributed by atoms with Crippen LogP contribution in [0.25, 0.3) is 0 Å². The minimum absolute atomic E-state index is 0.0958. The van der Waals surface area contributed by atoms with E-state index in [0.717, 1.165) is 16.7 Å². The molecule has 170 valence electrons. The fraction of sp³-hybridized carbons (Fsp3) is 0.259. The third-order valence-electron chi connectivity index (χ3n) is 5.96. The van der Waals surface area contributed by atoms with E-state index in [9.17, 15) is 9.59 Å². The van der Waals surface area contributed by atoms with Crippen LogP contribution in [0.2, 0.25) is 0 Å². The molecule has 0 saturated carbocycles. The van der Waals surface area contributed by atoms with Crippen LogP contribution in [0.5, 0.6) is 11.5 Å². The predicted octanol–water partition coefficient (Wildman–Crippen LogP) is 3.63. The maximum atomic E-state index is 13.3. The number of fused-ring (bicyclic) bond motifs is 1. The lowest BCUT2D eigenvalue weighted by molar-refractivity contribution is -0.125. The van der Waals surface area contributed by atoms with E-state index in [2.05, 4.69) is 5.32 Å². The zero-order chi connectivity index (χ0) is 23.2. The molecule has 0 radical (unpaired) electrons. The highest BCUT2D eigenvalue weighted by molar-refractivity contribution is 6.01. The SMILES string of the molecule is COc1ccc(CCNC(=O)[C@H](Cc2ccccc2)N2Cc3ccccc3C2=O)cc1OC. The van der Waals surface area contributed by atoms with Crippen LogP contribution in [0.1, 0.15) is 27.0 Å². The van der Waals surface area contributed by atoms with E-state index in [-0.39, 0.29) is 11.8 Å². The average molecular weight is 445 g/mol. The van der Waals surface area contributed by atoms with Crippen molar-refractivity contribution in [2.75, 3.05) is 20.8 Å². The average Bonchev–Trinajstić information content (AvgIpc) is 3.19. The van der Waals surface area contributed by atoms with Crippen molar-refractivity contribution in [2.45, 2.75) is 25.4 Å². The molecule has 0 saturated heterocycles. The summed E-state index contributed by atoms with van der Waals surface area (Å²) in [5.41, 5.74) is 3.67. The van der Waals surface area contributed by atoms with Gasteiger partial charge >= 0.3 is 0 Å². The van der Waals surface area contributed by atoms with Crippen LogP contribution >= 0.6 is 0 Å². The molecule has 33 heavy (non-hydrogen) atoms. The summed E-state index contributed by atoms with van der Waals surface area (Å²) in [5.74, 6) is 1.08. The van der Waals surface area contributed by atoms with E-state index in [1.807, 2.05) is 72.8 Å². The summed E-state index contributed by atoms with van der Waals surface area (Å²) in [5, 5.41) is 3.04. The second kappa shape index (κ2) is 10.2. The largest absolute Gasteiger partial charge is 0.493 e. The number of nitrogens with zero attached hydrogens (tertiary/aromatic N) is 1. The number of benzene rings is 3. The van der Waals surface area contributed by atoms with Gasteiger partial charge in [0.1, 0.15) is 6.04 Å². The maximum absolute atomic E-state index is 13.3. The van der Waals surface area contributed by atoms with E-state index in [0.29, 0.717) is 43.0 Å². The fourth-order valence-electron chi connectivity index (χ4n) is 4.19. The first-order valence-electron chi connectivity index (χ1n) is 11.0. The Morgan fingerprint density at radius 1 is 0.939 bits per heavy atom. The number of hydrogen-bond acceptors (Lipinski definition) is 4. The number of carbonyl (C=O) groups is 2. The summed E-state index contributed by atoms with van der Waals surface area (Å²) < 4.78 is 10.6. The van der Waals surface area contributed by atoms with Crippen molar-refractivity contribution in [1.82, 2.24) is 10.2 Å².